The first-order valence-electron chi connectivity index (χ1n) is 7.21. The van der Waals surface area contributed by atoms with Gasteiger partial charge in [0.2, 0.25) is 0 Å². The molecule has 0 spiro atoms. The van der Waals surface area contributed by atoms with Gasteiger partial charge in [-0.15, -0.1) is 0 Å². The van der Waals surface area contributed by atoms with Crippen molar-refractivity contribution in [2.75, 3.05) is 7.11 Å². The summed E-state index contributed by atoms with van der Waals surface area (Å²) in [5.41, 5.74) is 0.791. The number of nitrogens with one attached hydrogen (secondary N) is 1. The van der Waals surface area contributed by atoms with Gasteiger partial charge in [-0.3, -0.25) is 9.59 Å². The van der Waals surface area contributed by atoms with Crippen LogP contribution < -0.4 is 10.1 Å². The van der Waals surface area contributed by atoms with Crippen LogP contribution >= 0.6 is 0 Å². The maximum absolute atomic E-state index is 11.9. The Labute approximate surface area is 134 Å². The molecule has 0 saturated heterocycles. The number of benzene rings is 1. The van der Waals surface area contributed by atoms with Crippen molar-refractivity contribution in [3.63, 3.8) is 0 Å². The Kier molecular flexibility index (Phi) is 5.80. The average Bonchev–Trinajstić information content (AvgIpc) is 3.06. The number of hydrogen-bond donors (Lipinski definition) is 1. The summed E-state index contributed by atoms with van der Waals surface area (Å²) in [6.45, 7) is 1.79. The van der Waals surface area contributed by atoms with E-state index in [1.807, 2.05) is 0 Å². The van der Waals surface area contributed by atoms with Crippen molar-refractivity contribution in [3.8, 4) is 5.75 Å². The van der Waals surface area contributed by atoms with Gasteiger partial charge in [-0.25, -0.2) is 0 Å². The molecule has 2 aromatic rings. The molecule has 0 radical (unpaired) electrons. The molecule has 1 heterocycles. The third-order valence-electron chi connectivity index (χ3n) is 3.20. The fourth-order valence-corrected chi connectivity index (χ4v) is 1.93. The second-order valence-corrected chi connectivity index (χ2v) is 4.95. The summed E-state index contributed by atoms with van der Waals surface area (Å²) in [6, 6.07) is 10.6. The monoisotopic (exact) mass is 317 g/mol. The summed E-state index contributed by atoms with van der Waals surface area (Å²) in [6.07, 6.45) is 0.760. The molecule has 0 aliphatic carbocycles. The lowest BCUT2D eigenvalue weighted by Crippen LogP contribution is -2.35. The summed E-state index contributed by atoms with van der Waals surface area (Å²) < 4.78 is 15.3. The van der Waals surface area contributed by atoms with Gasteiger partial charge >= 0.3 is 5.97 Å². The van der Waals surface area contributed by atoms with E-state index < -0.39 is 12.1 Å². The Bertz CT molecular complexity index is 634. The molecule has 0 bridgehead atoms. The third-order valence-corrected chi connectivity index (χ3v) is 3.20. The Morgan fingerprint density at radius 2 is 1.96 bits per heavy atom. The van der Waals surface area contributed by atoms with Crippen LogP contribution in [-0.2, 0) is 27.3 Å². The highest BCUT2D eigenvalue weighted by molar-refractivity contribution is 5.83. The van der Waals surface area contributed by atoms with E-state index in [0.717, 1.165) is 5.56 Å². The van der Waals surface area contributed by atoms with Gasteiger partial charge in [0.05, 0.1) is 26.3 Å². The van der Waals surface area contributed by atoms with Gasteiger partial charge < -0.3 is 19.2 Å². The molecule has 1 aromatic heterocycles. The zero-order chi connectivity index (χ0) is 16.7. The lowest BCUT2D eigenvalue weighted by molar-refractivity contribution is -0.154. The smallest absolute Gasteiger partial charge is 0.311 e. The van der Waals surface area contributed by atoms with Crippen LogP contribution in [0.1, 0.15) is 18.2 Å². The molecular weight excluding hydrogens is 298 g/mol. The number of rotatable bonds is 7. The second kappa shape index (κ2) is 8.03. The standard InChI is InChI=1S/C17H19NO5/c1-12(17(20)18-11-15-4-3-9-22-15)23-16(19)10-13-5-7-14(21-2)8-6-13/h3-9,12H,10-11H2,1-2H3,(H,18,20)/t12-/m0/s1. The Morgan fingerprint density at radius 3 is 2.57 bits per heavy atom. The molecular formula is C17H19NO5. The summed E-state index contributed by atoms with van der Waals surface area (Å²) in [5.74, 6) is 0.517. The van der Waals surface area contributed by atoms with Gasteiger partial charge in [0, 0.05) is 0 Å². The van der Waals surface area contributed by atoms with E-state index in [-0.39, 0.29) is 18.9 Å². The van der Waals surface area contributed by atoms with Crippen molar-refractivity contribution >= 4 is 11.9 Å². The molecule has 23 heavy (non-hydrogen) atoms. The van der Waals surface area contributed by atoms with Crippen LogP contribution in [0.2, 0.25) is 0 Å². The van der Waals surface area contributed by atoms with Crippen molar-refractivity contribution in [2.45, 2.75) is 26.0 Å². The van der Waals surface area contributed by atoms with Gasteiger partial charge in [-0.1, -0.05) is 12.1 Å². The lowest BCUT2D eigenvalue weighted by Gasteiger charge is -2.13. The van der Waals surface area contributed by atoms with Gasteiger partial charge in [-0.2, -0.15) is 0 Å². The molecule has 1 amide bonds. The number of hydrogen-bond acceptors (Lipinski definition) is 5. The topological polar surface area (TPSA) is 77.8 Å². The van der Waals surface area contributed by atoms with Crippen molar-refractivity contribution < 1.29 is 23.5 Å². The number of ether oxygens (including phenoxy) is 2. The molecule has 2 rings (SSSR count). The highest BCUT2D eigenvalue weighted by Gasteiger charge is 2.18. The SMILES string of the molecule is COc1ccc(CC(=O)O[C@@H](C)C(=O)NCc2ccco2)cc1. The molecule has 122 valence electrons. The van der Waals surface area contributed by atoms with Crippen LogP contribution in [0.25, 0.3) is 0 Å². The van der Waals surface area contributed by atoms with Crippen LogP contribution in [0.3, 0.4) is 0 Å². The summed E-state index contributed by atoms with van der Waals surface area (Å²) in [7, 11) is 1.58. The Morgan fingerprint density at radius 1 is 1.22 bits per heavy atom. The van der Waals surface area contributed by atoms with Gasteiger partial charge in [0.25, 0.3) is 5.91 Å². The summed E-state index contributed by atoms with van der Waals surface area (Å²) in [4.78, 5) is 23.7. The highest BCUT2D eigenvalue weighted by Crippen LogP contribution is 2.12. The van der Waals surface area contributed by atoms with Crippen molar-refractivity contribution in [1.82, 2.24) is 5.32 Å². The molecule has 0 saturated carbocycles. The van der Waals surface area contributed by atoms with Crippen LogP contribution in [0.4, 0.5) is 0 Å². The molecule has 0 aliphatic heterocycles. The third kappa shape index (κ3) is 5.18. The molecule has 1 N–H and O–H groups in total. The first-order valence-corrected chi connectivity index (χ1v) is 7.21. The van der Waals surface area contributed by atoms with Gasteiger partial charge in [0.15, 0.2) is 6.10 Å². The van der Waals surface area contributed by atoms with Crippen LogP contribution in [0.5, 0.6) is 5.75 Å². The predicted molar refractivity (Wildman–Crippen MR) is 82.8 cm³/mol. The largest absolute Gasteiger partial charge is 0.497 e. The Balaban J connectivity index is 1.77. The lowest BCUT2D eigenvalue weighted by atomic mass is 10.1. The van der Waals surface area contributed by atoms with E-state index in [9.17, 15) is 9.59 Å². The minimum absolute atomic E-state index is 0.0970. The average molecular weight is 317 g/mol. The number of methoxy groups -OCH3 is 1. The van der Waals surface area contributed by atoms with Crippen molar-refractivity contribution in [1.29, 1.82) is 0 Å². The second-order valence-electron chi connectivity index (χ2n) is 4.95. The van der Waals surface area contributed by atoms with E-state index in [1.54, 1.807) is 43.5 Å². The number of furan rings is 1. The normalized spacial score (nSPS) is 11.6. The number of amides is 1. The number of carbonyl (C=O) groups is 2. The quantitative estimate of drug-likeness (QED) is 0.791. The van der Waals surface area contributed by atoms with Gasteiger partial charge in [-0.05, 0) is 36.8 Å². The molecule has 0 aliphatic rings. The fraction of sp³-hybridized carbons (Fsp3) is 0.294. The molecule has 6 heteroatoms. The first kappa shape index (κ1) is 16.6. The predicted octanol–water partition coefficient (Wildman–Crippen LogP) is 2.08. The maximum Gasteiger partial charge on any atom is 0.311 e. The zero-order valence-corrected chi connectivity index (χ0v) is 13.1. The van der Waals surface area contributed by atoms with E-state index in [2.05, 4.69) is 5.32 Å². The number of carbonyl (C=O) groups excluding carboxylic acids is 2. The highest BCUT2D eigenvalue weighted by atomic mass is 16.5. The zero-order valence-electron chi connectivity index (χ0n) is 13.1. The fourth-order valence-electron chi connectivity index (χ4n) is 1.93. The van der Waals surface area contributed by atoms with E-state index in [1.165, 1.54) is 13.2 Å². The van der Waals surface area contributed by atoms with Crippen molar-refractivity contribution in [3.05, 3.63) is 54.0 Å². The first-order chi connectivity index (χ1) is 11.1. The molecule has 1 atom stereocenters. The summed E-state index contributed by atoms with van der Waals surface area (Å²) in [5, 5.41) is 2.64. The van der Waals surface area contributed by atoms with E-state index >= 15 is 0 Å². The van der Waals surface area contributed by atoms with Crippen LogP contribution in [0.15, 0.2) is 47.1 Å². The van der Waals surface area contributed by atoms with E-state index in [4.69, 9.17) is 13.9 Å². The molecule has 1 aromatic carbocycles. The minimum Gasteiger partial charge on any atom is -0.497 e. The Hall–Kier alpha value is -2.76. The van der Waals surface area contributed by atoms with Gasteiger partial charge in [0.1, 0.15) is 11.5 Å². The maximum atomic E-state index is 11.9. The molecule has 6 nitrogen and oxygen atoms in total. The number of esters is 1. The van der Waals surface area contributed by atoms with Crippen LogP contribution in [-0.4, -0.2) is 25.1 Å². The minimum atomic E-state index is -0.865. The van der Waals surface area contributed by atoms with Crippen molar-refractivity contribution in [2.24, 2.45) is 0 Å². The molecule has 0 unspecified atom stereocenters. The summed E-state index contributed by atoms with van der Waals surface area (Å²) >= 11 is 0. The molecule has 0 fully saturated rings. The van der Waals surface area contributed by atoms with Crippen LogP contribution in [0, 0.1) is 0 Å². The van der Waals surface area contributed by atoms with E-state index in [0.29, 0.717) is 11.5 Å².